The number of rotatable bonds is 4. The van der Waals surface area contributed by atoms with Crippen LogP contribution in [0.2, 0.25) is 0 Å². The van der Waals surface area contributed by atoms with Gasteiger partial charge < -0.3 is 0 Å². The number of halogens is 1. The molecule has 0 saturated heterocycles. The molecular formula is C14H22FNO2S. The summed E-state index contributed by atoms with van der Waals surface area (Å²) in [4.78, 5) is 0. The first-order valence-corrected chi connectivity index (χ1v) is 7.85. The van der Waals surface area contributed by atoms with Gasteiger partial charge in [-0.05, 0) is 37.0 Å². The minimum atomic E-state index is -3.38. The van der Waals surface area contributed by atoms with Crippen LogP contribution >= 0.6 is 0 Å². The molecule has 0 aliphatic heterocycles. The summed E-state index contributed by atoms with van der Waals surface area (Å²) in [6.45, 7) is 9.11. The zero-order chi connectivity index (χ0) is 14.8. The largest absolute Gasteiger partial charge is 0.214 e. The van der Waals surface area contributed by atoms with Crippen molar-refractivity contribution in [2.45, 2.75) is 45.9 Å². The summed E-state index contributed by atoms with van der Waals surface area (Å²) in [5.74, 6) is -0.330. The Hall–Kier alpha value is -0.940. The molecule has 19 heavy (non-hydrogen) atoms. The van der Waals surface area contributed by atoms with Crippen molar-refractivity contribution in [1.29, 1.82) is 0 Å². The summed E-state index contributed by atoms with van der Waals surface area (Å²) in [6, 6.07) is 5.54. The van der Waals surface area contributed by atoms with Crippen molar-refractivity contribution < 1.29 is 12.8 Å². The van der Waals surface area contributed by atoms with Crippen LogP contribution in [0.3, 0.4) is 0 Å². The standard InChI is InChI=1S/C14H22FNO2S/c1-10(2)19(17,18)16-13(14(3,4)5)11-6-8-12(15)9-7-11/h6-10,13,16H,1-5H3. The minimum absolute atomic E-state index is 0.306. The first-order chi connectivity index (χ1) is 8.54. The predicted molar refractivity (Wildman–Crippen MR) is 75.8 cm³/mol. The second kappa shape index (κ2) is 5.59. The second-order valence-electron chi connectivity index (χ2n) is 6.06. The Labute approximate surface area is 115 Å². The highest BCUT2D eigenvalue weighted by atomic mass is 32.2. The van der Waals surface area contributed by atoms with E-state index in [9.17, 15) is 12.8 Å². The highest BCUT2D eigenvalue weighted by Gasteiger charge is 2.31. The van der Waals surface area contributed by atoms with Gasteiger partial charge in [0.2, 0.25) is 10.0 Å². The Bertz CT molecular complexity index is 515. The van der Waals surface area contributed by atoms with E-state index < -0.39 is 15.3 Å². The molecule has 1 N–H and O–H groups in total. The Morgan fingerprint density at radius 2 is 1.58 bits per heavy atom. The number of benzene rings is 1. The third kappa shape index (κ3) is 4.28. The molecule has 0 amide bonds. The summed E-state index contributed by atoms with van der Waals surface area (Å²) in [5, 5.41) is -0.502. The zero-order valence-corrected chi connectivity index (χ0v) is 12.9. The van der Waals surface area contributed by atoms with Crippen molar-refractivity contribution in [2.75, 3.05) is 0 Å². The molecule has 0 radical (unpaired) electrons. The molecule has 0 aliphatic carbocycles. The number of hydrogen-bond acceptors (Lipinski definition) is 2. The van der Waals surface area contributed by atoms with Gasteiger partial charge in [0.25, 0.3) is 0 Å². The van der Waals surface area contributed by atoms with Crippen molar-refractivity contribution in [3.63, 3.8) is 0 Å². The van der Waals surface area contributed by atoms with Crippen LogP contribution in [0.15, 0.2) is 24.3 Å². The molecule has 1 aromatic rings. The molecule has 1 rings (SSSR count). The molecule has 0 bridgehead atoms. The molecule has 0 fully saturated rings. The summed E-state index contributed by atoms with van der Waals surface area (Å²) >= 11 is 0. The molecule has 0 aliphatic rings. The predicted octanol–water partition coefficient (Wildman–Crippen LogP) is 3.24. The van der Waals surface area contributed by atoms with Crippen LogP contribution in [0.25, 0.3) is 0 Å². The average molecular weight is 287 g/mol. The van der Waals surface area contributed by atoms with E-state index in [0.717, 1.165) is 5.56 Å². The fourth-order valence-electron chi connectivity index (χ4n) is 1.70. The molecule has 1 aromatic carbocycles. The normalized spacial score (nSPS) is 14.7. The SMILES string of the molecule is CC(C)S(=O)(=O)NC(c1ccc(F)cc1)C(C)(C)C. The van der Waals surface area contributed by atoms with Gasteiger partial charge in [-0.1, -0.05) is 32.9 Å². The van der Waals surface area contributed by atoms with E-state index in [-0.39, 0.29) is 17.3 Å². The molecule has 1 unspecified atom stereocenters. The van der Waals surface area contributed by atoms with Crippen LogP contribution in [0, 0.1) is 11.2 Å². The summed E-state index contributed by atoms with van der Waals surface area (Å²) < 4.78 is 39.8. The third-order valence-corrected chi connectivity index (χ3v) is 4.78. The van der Waals surface area contributed by atoms with Crippen LogP contribution in [-0.4, -0.2) is 13.7 Å². The van der Waals surface area contributed by atoms with Gasteiger partial charge >= 0.3 is 0 Å². The molecule has 0 heterocycles. The van der Waals surface area contributed by atoms with Crippen molar-refractivity contribution in [2.24, 2.45) is 5.41 Å². The van der Waals surface area contributed by atoms with Crippen LogP contribution in [0.1, 0.15) is 46.2 Å². The van der Waals surface area contributed by atoms with E-state index in [1.165, 1.54) is 12.1 Å². The van der Waals surface area contributed by atoms with E-state index in [1.807, 2.05) is 20.8 Å². The van der Waals surface area contributed by atoms with Gasteiger partial charge in [-0.2, -0.15) is 0 Å². The fraction of sp³-hybridized carbons (Fsp3) is 0.571. The van der Waals surface area contributed by atoms with Crippen molar-refractivity contribution in [1.82, 2.24) is 4.72 Å². The van der Waals surface area contributed by atoms with Crippen molar-refractivity contribution in [3.8, 4) is 0 Å². The van der Waals surface area contributed by atoms with E-state index >= 15 is 0 Å². The third-order valence-electron chi connectivity index (χ3n) is 2.97. The maximum absolute atomic E-state index is 13.0. The number of nitrogens with one attached hydrogen (secondary N) is 1. The van der Waals surface area contributed by atoms with Crippen molar-refractivity contribution in [3.05, 3.63) is 35.6 Å². The fourth-order valence-corrected chi connectivity index (χ4v) is 2.79. The molecule has 108 valence electrons. The molecule has 0 aromatic heterocycles. The van der Waals surface area contributed by atoms with Gasteiger partial charge in [0.15, 0.2) is 0 Å². The van der Waals surface area contributed by atoms with Crippen LogP contribution in [0.4, 0.5) is 4.39 Å². The Balaban J connectivity index is 3.14. The monoisotopic (exact) mass is 287 g/mol. The van der Waals surface area contributed by atoms with Crippen LogP contribution in [-0.2, 0) is 10.0 Å². The lowest BCUT2D eigenvalue weighted by molar-refractivity contribution is 0.303. The van der Waals surface area contributed by atoms with Crippen molar-refractivity contribution >= 4 is 10.0 Å². The Morgan fingerprint density at radius 3 is 1.95 bits per heavy atom. The van der Waals surface area contributed by atoms with E-state index in [0.29, 0.717) is 0 Å². The lowest BCUT2D eigenvalue weighted by Crippen LogP contribution is -2.40. The number of hydrogen-bond donors (Lipinski definition) is 1. The van der Waals surface area contributed by atoms with Gasteiger partial charge in [-0.3, -0.25) is 0 Å². The van der Waals surface area contributed by atoms with Gasteiger partial charge in [-0.15, -0.1) is 0 Å². The maximum atomic E-state index is 13.0. The van der Waals surface area contributed by atoms with E-state index in [4.69, 9.17) is 0 Å². The van der Waals surface area contributed by atoms with Crippen LogP contribution < -0.4 is 4.72 Å². The summed E-state index contributed by atoms with van der Waals surface area (Å²) in [6.07, 6.45) is 0. The molecule has 0 spiro atoms. The molecule has 0 saturated carbocycles. The van der Waals surface area contributed by atoms with E-state index in [2.05, 4.69) is 4.72 Å². The second-order valence-corrected chi connectivity index (χ2v) is 8.33. The topological polar surface area (TPSA) is 46.2 Å². The number of sulfonamides is 1. The van der Waals surface area contributed by atoms with Gasteiger partial charge in [0.05, 0.1) is 11.3 Å². The Morgan fingerprint density at radius 1 is 1.11 bits per heavy atom. The Kier molecular flexibility index (Phi) is 4.74. The van der Waals surface area contributed by atoms with Gasteiger partial charge in [0, 0.05) is 0 Å². The first kappa shape index (κ1) is 16.1. The first-order valence-electron chi connectivity index (χ1n) is 6.30. The lowest BCUT2D eigenvalue weighted by Gasteiger charge is -2.32. The average Bonchev–Trinajstić information content (AvgIpc) is 2.26. The molecule has 1 atom stereocenters. The minimum Gasteiger partial charge on any atom is -0.212 e. The molecule has 3 nitrogen and oxygen atoms in total. The van der Waals surface area contributed by atoms with Crippen LogP contribution in [0.5, 0.6) is 0 Å². The summed E-state index contributed by atoms with van der Waals surface area (Å²) in [7, 11) is -3.38. The highest BCUT2D eigenvalue weighted by Crippen LogP contribution is 2.33. The highest BCUT2D eigenvalue weighted by molar-refractivity contribution is 7.90. The smallest absolute Gasteiger partial charge is 0.212 e. The quantitative estimate of drug-likeness (QED) is 0.924. The lowest BCUT2D eigenvalue weighted by atomic mass is 9.83. The van der Waals surface area contributed by atoms with Gasteiger partial charge in [-0.25, -0.2) is 17.5 Å². The maximum Gasteiger partial charge on any atom is 0.214 e. The zero-order valence-electron chi connectivity index (χ0n) is 12.1. The van der Waals surface area contributed by atoms with Gasteiger partial charge in [0.1, 0.15) is 5.82 Å². The van der Waals surface area contributed by atoms with E-state index in [1.54, 1.807) is 26.0 Å². The molecular weight excluding hydrogens is 265 g/mol. The summed E-state index contributed by atoms with van der Waals surface area (Å²) in [5.41, 5.74) is 0.456. The molecule has 5 heteroatoms.